The third-order valence-corrected chi connectivity index (χ3v) is 5.02. The van der Waals surface area contributed by atoms with E-state index in [1.54, 1.807) is 0 Å². The molecule has 142 valence electrons. The van der Waals surface area contributed by atoms with Crippen molar-refractivity contribution in [2.45, 2.75) is 0 Å². The smallest absolute Gasteiger partial charge is 0.0659 e. The largest absolute Gasteiger partial charge is 0.355 e. The lowest BCUT2D eigenvalue weighted by Crippen LogP contribution is -1.78. The Balaban J connectivity index is 1.61. The van der Waals surface area contributed by atoms with Crippen molar-refractivity contribution in [2.75, 3.05) is 0 Å². The zero-order valence-electron chi connectivity index (χ0n) is 16.0. The van der Waals surface area contributed by atoms with E-state index in [4.69, 9.17) is 0 Å². The van der Waals surface area contributed by atoms with Crippen LogP contribution in [-0.4, -0.2) is 24.9 Å². The summed E-state index contributed by atoms with van der Waals surface area (Å²) in [5.74, 6) is 0. The van der Waals surface area contributed by atoms with E-state index in [1.165, 1.54) is 0 Å². The molecule has 3 aliphatic rings. The molecule has 30 heavy (non-hydrogen) atoms. The fourth-order valence-corrected chi connectivity index (χ4v) is 3.65. The number of nitrogens with zero attached hydrogens (tertiary/aromatic N) is 3. The van der Waals surface area contributed by atoms with Gasteiger partial charge in [0.2, 0.25) is 0 Å². The third-order valence-electron chi connectivity index (χ3n) is 5.02. The number of hydrogen-bond donors (Lipinski definition) is 2. The second-order valence-electron chi connectivity index (χ2n) is 7.34. The zero-order chi connectivity index (χ0) is 19.9. The normalized spacial score (nSPS) is 12.9. The summed E-state index contributed by atoms with van der Waals surface area (Å²) < 4.78 is 0. The molecule has 6 rings (SSSR count). The third kappa shape index (κ3) is 3.33. The Morgan fingerprint density at radius 1 is 0.367 bits per heavy atom. The molecule has 3 aliphatic heterocycles. The van der Waals surface area contributed by atoms with Crippen molar-refractivity contribution in [3.63, 3.8) is 0 Å². The highest BCUT2D eigenvalue weighted by Gasteiger charge is 2.03. The summed E-state index contributed by atoms with van der Waals surface area (Å²) in [5, 5.41) is 0. The summed E-state index contributed by atoms with van der Waals surface area (Å²) >= 11 is 0. The van der Waals surface area contributed by atoms with Crippen LogP contribution in [0.1, 0.15) is 34.2 Å². The van der Waals surface area contributed by atoms with Crippen molar-refractivity contribution in [3.05, 3.63) is 88.8 Å². The molecule has 0 aliphatic carbocycles. The first-order chi connectivity index (χ1) is 14.7. The van der Waals surface area contributed by atoms with Gasteiger partial charge in [-0.15, -0.1) is 0 Å². The van der Waals surface area contributed by atoms with Crippen LogP contribution in [-0.2, 0) is 0 Å². The first kappa shape index (κ1) is 16.7. The highest BCUT2D eigenvalue weighted by Crippen LogP contribution is 2.18. The van der Waals surface area contributed by atoms with Crippen LogP contribution < -0.4 is 0 Å². The maximum Gasteiger partial charge on any atom is 0.0659 e. The predicted octanol–water partition coefficient (Wildman–Crippen LogP) is 5.66. The van der Waals surface area contributed by atoms with Crippen molar-refractivity contribution >= 4 is 58.5 Å². The Kier molecular flexibility index (Phi) is 3.71. The molecule has 3 aromatic rings. The van der Waals surface area contributed by atoms with Crippen LogP contribution in [0.5, 0.6) is 0 Å². The average molecular weight is 387 g/mol. The van der Waals surface area contributed by atoms with E-state index in [0.717, 1.165) is 56.2 Å². The van der Waals surface area contributed by atoms with E-state index >= 15 is 0 Å². The average Bonchev–Trinajstić information content (AvgIpc) is 3.52. The van der Waals surface area contributed by atoms with Gasteiger partial charge >= 0.3 is 0 Å². The number of hydrogen-bond acceptors (Lipinski definition) is 3. The molecule has 0 saturated heterocycles. The first-order valence-corrected chi connectivity index (χ1v) is 9.78. The van der Waals surface area contributed by atoms with Crippen LogP contribution in [0.2, 0.25) is 0 Å². The lowest BCUT2D eigenvalue weighted by Gasteiger charge is -1.86. The van der Waals surface area contributed by atoms with E-state index in [-0.39, 0.29) is 0 Å². The zero-order valence-corrected chi connectivity index (χ0v) is 16.0. The van der Waals surface area contributed by atoms with Crippen molar-refractivity contribution in [3.8, 4) is 0 Å². The number of aromatic nitrogens is 5. The molecule has 0 aromatic carbocycles. The highest BCUT2D eigenvalue weighted by molar-refractivity contribution is 5.78. The summed E-state index contributed by atoms with van der Waals surface area (Å²) in [4.78, 5) is 20.8. The van der Waals surface area contributed by atoms with Gasteiger partial charge in [-0.1, -0.05) is 0 Å². The Hall–Kier alpha value is -4.25. The van der Waals surface area contributed by atoms with E-state index in [0.29, 0.717) is 0 Å². The number of fused-ring (bicyclic) bond motifs is 10. The Labute approximate surface area is 172 Å². The van der Waals surface area contributed by atoms with Crippen LogP contribution >= 0.6 is 0 Å². The molecular weight excluding hydrogens is 370 g/mol. The summed E-state index contributed by atoms with van der Waals surface area (Å²) in [5.41, 5.74) is 9.44. The molecule has 2 N–H and O–H groups in total. The van der Waals surface area contributed by atoms with Gasteiger partial charge in [0.1, 0.15) is 0 Å². The molecule has 0 atom stereocenters. The second-order valence-corrected chi connectivity index (χ2v) is 7.34. The lowest BCUT2D eigenvalue weighted by atomic mass is 10.3. The number of H-pyrrole nitrogens is 2. The van der Waals surface area contributed by atoms with Crippen LogP contribution in [0.25, 0.3) is 58.5 Å². The van der Waals surface area contributed by atoms with Gasteiger partial charge in [-0.25, -0.2) is 15.0 Å². The van der Waals surface area contributed by atoms with Crippen molar-refractivity contribution in [1.29, 1.82) is 0 Å². The van der Waals surface area contributed by atoms with Gasteiger partial charge in [0.15, 0.2) is 0 Å². The van der Waals surface area contributed by atoms with Crippen LogP contribution in [0.3, 0.4) is 0 Å². The maximum absolute atomic E-state index is 4.68. The molecule has 5 nitrogen and oxygen atoms in total. The first-order valence-electron chi connectivity index (χ1n) is 9.78. The van der Waals surface area contributed by atoms with Gasteiger partial charge < -0.3 is 9.97 Å². The minimum atomic E-state index is 0.884. The summed E-state index contributed by atoms with van der Waals surface area (Å²) in [6, 6.07) is 18.4. The lowest BCUT2D eigenvalue weighted by molar-refractivity contribution is 1.26. The summed E-state index contributed by atoms with van der Waals surface area (Å²) in [6.45, 7) is 0. The molecule has 0 unspecified atom stereocenters. The summed E-state index contributed by atoms with van der Waals surface area (Å²) in [7, 11) is 0. The molecule has 0 radical (unpaired) electrons. The molecule has 5 heteroatoms. The fraction of sp³-hybridized carbons (Fsp3) is 0. The van der Waals surface area contributed by atoms with Crippen molar-refractivity contribution in [2.24, 2.45) is 0 Å². The van der Waals surface area contributed by atoms with Crippen molar-refractivity contribution < 1.29 is 0 Å². The van der Waals surface area contributed by atoms with Crippen LogP contribution in [0, 0.1) is 0 Å². The molecule has 0 fully saturated rings. The van der Waals surface area contributed by atoms with E-state index < -0.39 is 0 Å². The molecule has 0 saturated carbocycles. The van der Waals surface area contributed by atoms with Gasteiger partial charge in [-0.3, -0.25) is 0 Å². The van der Waals surface area contributed by atoms with Gasteiger partial charge in [0.25, 0.3) is 0 Å². The number of aromatic amines is 2. The predicted molar refractivity (Wildman–Crippen MR) is 123 cm³/mol. The van der Waals surface area contributed by atoms with E-state index in [2.05, 4.69) is 55.3 Å². The molecule has 0 amide bonds. The maximum atomic E-state index is 4.68. The quantitative estimate of drug-likeness (QED) is 0.353. The minimum absolute atomic E-state index is 0.884. The monoisotopic (exact) mass is 387 g/mol. The van der Waals surface area contributed by atoms with Gasteiger partial charge in [-0.05, 0) is 91.1 Å². The van der Waals surface area contributed by atoms with E-state index in [9.17, 15) is 0 Å². The molecule has 0 spiro atoms. The summed E-state index contributed by atoms with van der Waals surface area (Å²) in [6.07, 6.45) is 12.0. The molecule has 3 aromatic heterocycles. The Morgan fingerprint density at radius 3 is 1.03 bits per heavy atom. The minimum Gasteiger partial charge on any atom is -0.355 e. The van der Waals surface area contributed by atoms with Crippen LogP contribution in [0.4, 0.5) is 0 Å². The second kappa shape index (κ2) is 6.67. The Morgan fingerprint density at radius 2 is 0.667 bits per heavy atom. The fourth-order valence-electron chi connectivity index (χ4n) is 3.65. The number of rotatable bonds is 0. The Bertz CT molecular complexity index is 1390. The standard InChI is InChI=1S/C25H17N5/c1-2-17-12-19-5-6-21(28-19)14-23-9-10-25(30-23)15-24-8-7-22(29-24)13-20-4-3-18(27-20)11-16(1)26-17/h1-15,26-27H. The van der Waals surface area contributed by atoms with Gasteiger partial charge in [-0.2, -0.15) is 0 Å². The molecular formula is C25H17N5. The molecule has 10 bridgehead atoms. The SMILES string of the molecule is C1=Cc2cc3nc(cc4ccc(cc5ccc(cc6nc(cc1n2)C=C6)[nH]5)[nH]4)C=C3. The van der Waals surface area contributed by atoms with E-state index in [1.807, 2.05) is 60.7 Å². The van der Waals surface area contributed by atoms with Gasteiger partial charge in [0.05, 0.1) is 34.2 Å². The topological polar surface area (TPSA) is 70.2 Å². The van der Waals surface area contributed by atoms with Gasteiger partial charge in [0, 0.05) is 22.1 Å². The molecule has 6 heterocycles. The number of nitrogens with one attached hydrogen (secondary N) is 2. The highest BCUT2D eigenvalue weighted by atomic mass is 14.8. The van der Waals surface area contributed by atoms with Crippen LogP contribution in [0.15, 0.2) is 54.6 Å². The van der Waals surface area contributed by atoms with Crippen molar-refractivity contribution in [1.82, 2.24) is 24.9 Å².